The zero-order chi connectivity index (χ0) is 22.6. The molecule has 168 valence electrons. The van der Waals surface area contributed by atoms with Crippen molar-refractivity contribution in [2.24, 2.45) is 0 Å². The van der Waals surface area contributed by atoms with Crippen LogP contribution in [0.2, 0.25) is 0 Å². The van der Waals surface area contributed by atoms with E-state index in [1.807, 2.05) is 11.0 Å². The molecule has 0 radical (unpaired) electrons. The van der Waals surface area contributed by atoms with E-state index in [4.69, 9.17) is 0 Å². The second-order valence-electron chi connectivity index (χ2n) is 7.39. The lowest BCUT2D eigenvalue weighted by molar-refractivity contribution is -0.384. The number of hydrogen-bond donors (Lipinski definition) is 0. The molecule has 8 nitrogen and oxygen atoms in total. The van der Waals surface area contributed by atoms with Gasteiger partial charge in [-0.05, 0) is 29.8 Å². The lowest BCUT2D eigenvalue weighted by Crippen LogP contribution is -2.46. The van der Waals surface area contributed by atoms with Crippen LogP contribution in [0.5, 0.6) is 0 Å². The molecule has 2 aromatic carbocycles. The molecule has 0 amide bonds. The van der Waals surface area contributed by atoms with Gasteiger partial charge in [-0.25, -0.2) is 12.8 Å². The highest BCUT2D eigenvalue weighted by atomic mass is 32.2. The maximum atomic E-state index is 13.4. The maximum absolute atomic E-state index is 13.4. The molecular weight excluding hydrogens is 423 g/mol. The molecule has 0 bridgehead atoms. The van der Waals surface area contributed by atoms with Gasteiger partial charge in [-0.15, -0.1) is 0 Å². The molecular formula is C21H27FN4O4S. The number of halogens is 1. The molecule has 0 spiro atoms. The first-order valence-corrected chi connectivity index (χ1v) is 11.7. The third-order valence-electron chi connectivity index (χ3n) is 5.49. The zero-order valence-corrected chi connectivity index (χ0v) is 18.5. The fourth-order valence-electron chi connectivity index (χ4n) is 3.83. The number of anilines is 1. The Morgan fingerprint density at radius 2 is 1.74 bits per heavy atom. The predicted octanol–water partition coefficient (Wildman–Crippen LogP) is 3.09. The smallest absolute Gasteiger partial charge is 0.293 e. The third-order valence-corrected chi connectivity index (χ3v) is 7.54. The van der Waals surface area contributed by atoms with Crippen molar-refractivity contribution in [2.75, 3.05) is 44.2 Å². The highest BCUT2D eigenvalue weighted by Gasteiger charge is 2.28. The minimum absolute atomic E-state index is 0.0728. The number of nitro groups is 1. The van der Waals surface area contributed by atoms with Crippen LogP contribution in [0.3, 0.4) is 0 Å². The lowest BCUT2D eigenvalue weighted by Gasteiger charge is -2.36. The van der Waals surface area contributed by atoms with Gasteiger partial charge in [0.1, 0.15) is 11.5 Å². The van der Waals surface area contributed by atoms with E-state index in [1.165, 1.54) is 28.6 Å². The van der Waals surface area contributed by atoms with Crippen LogP contribution < -0.4 is 4.90 Å². The third kappa shape index (κ3) is 5.20. The van der Waals surface area contributed by atoms with Gasteiger partial charge in [0.15, 0.2) is 0 Å². The van der Waals surface area contributed by atoms with Crippen LogP contribution in [0.1, 0.15) is 19.4 Å². The first kappa shape index (κ1) is 23.1. The second-order valence-corrected chi connectivity index (χ2v) is 9.33. The quantitative estimate of drug-likeness (QED) is 0.454. The van der Waals surface area contributed by atoms with Crippen LogP contribution in [0, 0.1) is 15.9 Å². The largest absolute Gasteiger partial charge is 0.363 e. The summed E-state index contributed by atoms with van der Waals surface area (Å²) in [4.78, 5) is 15.2. The first-order chi connectivity index (χ1) is 14.8. The molecule has 0 aliphatic carbocycles. The summed E-state index contributed by atoms with van der Waals surface area (Å²) in [6.07, 6.45) is 0. The van der Waals surface area contributed by atoms with Crippen molar-refractivity contribution in [3.8, 4) is 0 Å². The highest BCUT2D eigenvalue weighted by Crippen LogP contribution is 2.32. The second kappa shape index (κ2) is 9.71. The van der Waals surface area contributed by atoms with Crippen molar-refractivity contribution < 1.29 is 17.7 Å². The average molecular weight is 451 g/mol. The molecule has 2 aromatic rings. The number of sulfonamides is 1. The molecule has 1 aliphatic heterocycles. The SMILES string of the molecule is CCN(CC)S(=O)(=O)c1ccc(N2CCN(Cc3cccc(F)c3)CC2)c([N+](=O)[O-])c1. The maximum Gasteiger partial charge on any atom is 0.293 e. The molecule has 10 heteroatoms. The Balaban J connectivity index is 1.76. The zero-order valence-electron chi connectivity index (χ0n) is 17.7. The summed E-state index contributed by atoms with van der Waals surface area (Å²) < 4.78 is 40.2. The summed E-state index contributed by atoms with van der Waals surface area (Å²) in [6.45, 7) is 7.08. The lowest BCUT2D eigenvalue weighted by atomic mass is 10.1. The Kier molecular flexibility index (Phi) is 7.24. The Labute approximate surface area is 182 Å². The first-order valence-electron chi connectivity index (χ1n) is 10.3. The van der Waals surface area contributed by atoms with Crippen molar-refractivity contribution in [1.82, 2.24) is 9.21 Å². The average Bonchev–Trinajstić information content (AvgIpc) is 2.74. The number of benzene rings is 2. The van der Waals surface area contributed by atoms with Crippen LogP contribution >= 0.6 is 0 Å². The van der Waals surface area contributed by atoms with E-state index in [-0.39, 0.29) is 16.4 Å². The molecule has 0 unspecified atom stereocenters. The summed E-state index contributed by atoms with van der Waals surface area (Å²) in [6, 6.07) is 10.6. The molecule has 1 fully saturated rings. The summed E-state index contributed by atoms with van der Waals surface area (Å²) in [5.41, 5.74) is 1.08. The molecule has 3 rings (SSSR count). The topological polar surface area (TPSA) is 87.0 Å². The van der Waals surface area contributed by atoms with E-state index < -0.39 is 14.9 Å². The highest BCUT2D eigenvalue weighted by molar-refractivity contribution is 7.89. The van der Waals surface area contributed by atoms with Gasteiger partial charge >= 0.3 is 0 Å². The van der Waals surface area contributed by atoms with E-state index in [2.05, 4.69) is 4.90 Å². The fourth-order valence-corrected chi connectivity index (χ4v) is 5.31. The van der Waals surface area contributed by atoms with Crippen molar-refractivity contribution in [3.63, 3.8) is 0 Å². The number of rotatable bonds is 8. The Bertz CT molecular complexity index is 1040. The molecule has 1 heterocycles. The van der Waals surface area contributed by atoms with Crippen molar-refractivity contribution >= 4 is 21.4 Å². The van der Waals surface area contributed by atoms with Gasteiger partial charge in [0.05, 0.1) is 9.82 Å². The van der Waals surface area contributed by atoms with Gasteiger partial charge in [0, 0.05) is 51.9 Å². The van der Waals surface area contributed by atoms with Crippen molar-refractivity contribution in [2.45, 2.75) is 25.3 Å². The standard InChI is InChI=1S/C21H27FN4O4S/c1-3-25(4-2)31(29,30)19-8-9-20(21(15-19)26(27)28)24-12-10-23(11-13-24)16-17-6-5-7-18(22)14-17/h5-9,14-15H,3-4,10-13,16H2,1-2H3. The molecule has 0 saturated carbocycles. The van der Waals surface area contributed by atoms with Crippen LogP contribution in [0.15, 0.2) is 47.4 Å². The van der Waals surface area contributed by atoms with E-state index >= 15 is 0 Å². The van der Waals surface area contributed by atoms with Gasteiger partial charge in [0.25, 0.3) is 5.69 Å². The number of hydrogen-bond acceptors (Lipinski definition) is 6. The molecule has 1 saturated heterocycles. The fraction of sp³-hybridized carbons (Fsp3) is 0.429. The Morgan fingerprint density at radius 3 is 2.32 bits per heavy atom. The van der Waals surface area contributed by atoms with Gasteiger partial charge in [0.2, 0.25) is 10.0 Å². The number of nitro benzene ring substituents is 1. The van der Waals surface area contributed by atoms with Crippen LogP contribution in [-0.2, 0) is 16.6 Å². The minimum atomic E-state index is -3.78. The minimum Gasteiger partial charge on any atom is -0.363 e. The van der Waals surface area contributed by atoms with E-state index in [1.54, 1.807) is 19.9 Å². The molecule has 0 N–H and O–H groups in total. The van der Waals surface area contributed by atoms with E-state index in [0.29, 0.717) is 51.5 Å². The van der Waals surface area contributed by atoms with E-state index in [0.717, 1.165) is 11.6 Å². The van der Waals surface area contributed by atoms with Gasteiger partial charge in [-0.1, -0.05) is 26.0 Å². The molecule has 0 aromatic heterocycles. The van der Waals surface area contributed by atoms with Crippen LogP contribution in [0.4, 0.5) is 15.8 Å². The van der Waals surface area contributed by atoms with Crippen molar-refractivity contribution in [1.29, 1.82) is 0 Å². The summed E-state index contributed by atoms with van der Waals surface area (Å²) >= 11 is 0. The summed E-state index contributed by atoms with van der Waals surface area (Å²) in [5.74, 6) is -0.272. The number of piperazine rings is 1. The molecule has 31 heavy (non-hydrogen) atoms. The monoisotopic (exact) mass is 450 g/mol. The van der Waals surface area contributed by atoms with E-state index in [9.17, 15) is 22.9 Å². The summed E-state index contributed by atoms with van der Waals surface area (Å²) in [7, 11) is -3.78. The van der Waals surface area contributed by atoms with Crippen LogP contribution in [0.25, 0.3) is 0 Å². The Morgan fingerprint density at radius 1 is 1.06 bits per heavy atom. The van der Waals surface area contributed by atoms with Crippen molar-refractivity contribution in [3.05, 3.63) is 64.0 Å². The van der Waals surface area contributed by atoms with Gasteiger partial charge in [-0.2, -0.15) is 4.31 Å². The van der Waals surface area contributed by atoms with Gasteiger partial charge < -0.3 is 4.90 Å². The summed E-state index contributed by atoms with van der Waals surface area (Å²) in [5, 5.41) is 11.7. The number of nitrogens with zero attached hydrogens (tertiary/aromatic N) is 4. The van der Waals surface area contributed by atoms with Gasteiger partial charge in [-0.3, -0.25) is 15.0 Å². The van der Waals surface area contributed by atoms with Crippen LogP contribution in [-0.4, -0.2) is 61.8 Å². The molecule has 0 atom stereocenters. The molecule has 1 aliphatic rings. The Hall–Kier alpha value is -2.56. The predicted molar refractivity (Wildman–Crippen MR) is 117 cm³/mol. The normalized spacial score (nSPS) is 15.4.